The average Bonchev–Trinajstić information content (AvgIpc) is 2.91. The molecule has 1 saturated heterocycles. The fraction of sp³-hybridized carbons (Fsp3) is 0.533. The normalized spacial score (nSPS) is 30.1. The highest BCUT2D eigenvalue weighted by Gasteiger charge is 2.85. The summed E-state index contributed by atoms with van der Waals surface area (Å²) in [6, 6.07) is 2.28. The fourth-order valence-corrected chi connectivity index (χ4v) is 3.33. The molecule has 1 aliphatic heterocycles. The van der Waals surface area contributed by atoms with Crippen LogP contribution in [0.3, 0.4) is 0 Å². The fourth-order valence-electron chi connectivity index (χ4n) is 3.33. The van der Waals surface area contributed by atoms with Crippen molar-refractivity contribution < 1.29 is 75.8 Å². The molecule has 3 rings (SSSR count). The molecule has 31 heavy (non-hydrogen) atoms. The minimum Gasteiger partial charge on any atom is -0.475 e. The third kappa shape index (κ3) is 2.70. The van der Waals surface area contributed by atoms with E-state index in [0.717, 1.165) is 12.1 Å². The third-order valence-corrected chi connectivity index (χ3v) is 5.41. The van der Waals surface area contributed by atoms with E-state index >= 15 is 0 Å². The number of nitrogens with one attached hydrogen (secondary N) is 1. The van der Waals surface area contributed by atoms with Gasteiger partial charge in [-0.1, -0.05) is 6.07 Å². The van der Waals surface area contributed by atoms with Crippen LogP contribution < -0.4 is 14.9 Å². The van der Waals surface area contributed by atoms with Crippen LogP contribution in [0, 0.1) is 0 Å². The van der Waals surface area contributed by atoms with E-state index in [-0.39, 0.29) is 0 Å². The van der Waals surface area contributed by atoms with Crippen LogP contribution >= 0.6 is 0 Å². The lowest BCUT2D eigenvalue weighted by atomic mass is 9.87. The van der Waals surface area contributed by atoms with E-state index in [0.29, 0.717) is 6.07 Å². The van der Waals surface area contributed by atoms with Gasteiger partial charge in [0.25, 0.3) is 34.8 Å². The number of β-amino-alcohol motifs (C(OH)–C–C–N with tert-alkyl or cyclic N) is 1. The molecule has 1 aromatic rings. The van der Waals surface area contributed by atoms with E-state index in [2.05, 4.69) is 4.89 Å². The van der Waals surface area contributed by atoms with Gasteiger partial charge in [-0.15, -0.1) is 0 Å². The lowest BCUT2D eigenvalue weighted by Crippen LogP contribution is -2.66. The van der Waals surface area contributed by atoms with Gasteiger partial charge in [0.05, 0.1) is 6.54 Å². The summed E-state index contributed by atoms with van der Waals surface area (Å²) in [6.45, 7) is -0.748. The molecule has 0 bridgehead atoms. The predicted molar refractivity (Wildman–Crippen MR) is 86.9 cm³/mol. The van der Waals surface area contributed by atoms with Crippen molar-refractivity contribution in [3.05, 3.63) is 23.8 Å². The Hall–Kier alpha value is -2.19. The van der Waals surface area contributed by atoms with Gasteiger partial charge in [0.15, 0.2) is 11.4 Å². The molecule has 0 spiro atoms. The summed E-state index contributed by atoms with van der Waals surface area (Å²) in [4.78, 5) is 15.5. The highest BCUT2D eigenvalue weighted by Crippen LogP contribution is 2.50. The first-order valence-electron chi connectivity index (χ1n) is 8.26. The van der Waals surface area contributed by atoms with Gasteiger partial charge in [-0.2, -0.15) is 0 Å². The zero-order valence-electron chi connectivity index (χ0n) is 15.1. The second kappa shape index (κ2) is 6.42. The highest BCUT2D eigenvalue weighted by atomic mass is 17.1. The summed E-state index contributed by atoms with van der Waals surface area (Å²) < 4.78 is 4.83. The topological polar surface area (TPSA) is 290 Å². The zero-order valence-corrected chi connectivity index (χ0v) is 15.1. The van der Waals surface area contributed by atoms with Crippen LogP contribution in [0.4, 0.5) is 0 Å². The Morgan fingerprint density at radius 1 is 0.839 bits per heavy atom. The van der Waals surface area contributed by atoms with Gasteiger partial charge in [-0.25, -0.2) is 5.26 Å². The molecule has 174 valence electrons. The maximum Gasteiger partial charge on any atom is 0.284 e. The number of aliphatic hydroxyl groups is 11. The van der Waals surface area contributed by atoms with Crippen molar-refractivity contribution in [1.82, 2.24) is 5.32 Å². The number of ether oxygens (including phenoxy) is 1. The van der Waals surface area contributed by atoms with Crippen molar-refractivity contribution in [2.24, 2.45) is 0 Å². The van der Waals surface area contributed by atoms with Gasteiger partial charge >= 0.3 is 0 Å². The standard InChI is InChI=1S/C15H19NO15/c17-9-13(23,24)10(18,4-16-9)5-1-2-6(31-29)7(3-5)30-8-11(19,20)14(25,26)15(27,28)12(8,21)22/h1-3,8,18-29H,4H2,(H,16,17). The van der Waals surface area contributed by atoms with Crippen molar-refractivity contribution >= 4 is 5.91 Å². The molecular formula is C15H19NO15. The largest absolute Gasteiger partial charge is 0.475 e. The SMILES string of the molecule is O=C1NCC(O)(c2ccc(OO)c(OC3C(O)(O)C(O)(O)C(O)(O)C3(O)O)c2)C1(O)O. The molecule has 16 nitrogen and oxygen atoms in total. The van der Waals surface area contributed by atoms with Crippen LogP contribution in [-0.2, 0) is 10.4 Å². The average molecular weight is 453 g/mol. The van der Waals surface area contributed by atoms with E-state index in [4.69, 9.17) is 9.99 Å². The smallest absolute Gasteiger partial charge is 0.284 e. The molecular weight excluding hydrogens is 434 g/mol. The van der Waals surface area contributed by atoms with Crippen LogP contribution in [0.5, 0.6) is 11.5 Å². The lowest BCUT2D eigenvalue weighted by molar-refractivity contribution is -0.452. The van der Waals surface area contributed by atoms with Crippen molar-refractivity contribution in [1.29, 1.82) is 0 Å². The molecule has 13 N–H and O–H groups in total. The molecule has 1 atom stereocenters. The first-order valence-corrected chi connectivity index (χ1v) is 8.26. The maximum absolute atomic E-state index is 11.6. The Labute approximate surface area is 170 Å². The van der Waals surface area contributed by atoms with E-state index in [1.165, 1.54) is 0 Å². The molecule has 2 fully saturated rings. The summed E-state index contributed by atoms with van der Waals surface area (Å²) in [5.74, 6) is -23.7. The van der Waals surface area contributed by atoms with Gasteiger partial charge in [-0.05, 0) is 17.7 Å². The van der Waals surface area contributed by atoms with Crippen molar-refractivity contribution in [3.8, 4) is 11.5 Å². The minimum absolute atomic E-state index is 0.536. The Balaban J connectivity index is 2.10. The minimum atomic E-state index is -4.41. The van der Waals surface area contributed by atoms with Crippen LogP contribution in [0.2, 0.25) is 0 Å². The number of benzene rings is 1. The number of carbonyl (C=O) groups is 1. The first-order chi connectivity index (χ1) is 13.9. The van der Waals surface area contributed by atoms with E-state index < -0.39 is 70.2 Å². The summed E-state index contributed by atoms with van der Waals surface area (Å²) in [5, 5.41) is 120. The Morgan fingerprint density at radius 2 is 1.35 bits per heavy atom. The van der Waals surface area contributed by atoms with Gasteiger partial charge in [0, 0.05) is 0 Å². The molecule has 1 aromatic carbocycles. The van der Waals surface area contributed by atoms with E-state index in [9.17, 15) is 61.0 Å². The Bertz CT molecular complexity index is 884. The van der Waals surface area contributed by atoms with Gasteiger partial charge < -0.3 is 71.1 Å². The molecule has 1 unspecified atom stereocenters. The molecule has 1 amide bonds. The maximum atomic E-state index is 11.6. The molecule has 0 radical (unpaired) electrons. The number of carbonyl (C=O) groups excluding carboxylic acids is 1. The Morgan fingerprint density at radius 3 is 1.77 bits per heavy atom. The molecule has 16 heteroatoms. The van der Waals surface area contributed by atoms with E-state index in [1.807, 2.05) is 5.32 Å². The number of hydrogen-bond acceptors (Lipinski definition) is 15. The first kappa shape index (κ1) is 23.5. The monoisotopic (exact) mass is 453 g/mol. The predicted octanol–water partition coefficient (Wildman–Crippen LogP) is -6.98. The second-order valence-corrected chi connectivity index (χ2v) is 7.26. The van der Waals surface area contributed by atoms with Crippen molar-refractivity contribution in [2.75, 3.05) is 6.54 Å². The van der Waals surface area contributed by atoms with Crippen molar-refractivity contribution in [2.45, 2.75) is 40.6 Å². The molecule has 1 saturated carbocycles. The molecule has 1 aliphatic carbocycles. The molecule has 0 aromatic heterocycles. The van der Waals surface area contributed by atoms with Gasteiger partial charge in [-0.3, -0.25) is 4.79 Å². The van der Waals surface area contributed by atoms with Gasteiger partial charge in [0.2, 0.25) is 11.9 Å². The number of hydrogen-bond donors (Lipinski definition) is 13. The number of amides is 1. The quantitative estimate of drug-likeness (QED) is 0.114. The van der Waals surface area contributed by atoms with Crippen LogP contribution in [0.25, 0.3) is 0 Å². The molecule has 2 aliphatic rings. The third-order valence-electron chi connectivity index (χ3n) is 5.41. The summed E-state index contributed by atoms with van der Waals surface area (Å²) in [5.41, 5.74) is -3.28. The van der Waals surface area contributed by atoms with Crippen LogP contribution in [0.15, 0.2) is 18.2 Å². The molecule has 1 heterocycles. The Kier molecular flexibility index (Phi) is 4.86. The van der Waals surface area contributed by atoms with Crippen LogP contribution in [0.1, 0.15) is 5.56 Å². The summed E-state index contributed by atoms with van der Waals surface area (Å²) in [7, 11) is 0. The van der Waals surface area contributed by atoms with Crippen molar-refractivity contribution in [3.63, 3.8) is 0 Å². The van der Waals surface area contributed by atoms with E-state index in [1.54, 1.807) is 0 Å². The zero-order chi connectivity index (χ0) is 23.8. The highest BCUT2D eigenvalue weighted by molar-refractivity contribution is 5.87. The summed E-state index contributed by atoms with van der Waals surface area (Å²) in [6.07, 6.45) is -3.10. The van der Waals surface area contributed by atoms with Crippen LogP contribution in [-0.4, -0.2) is 109 Å². The summed E-state index contributed by atoms with van der Waals surface area (Å²) >= 11 is 0. The lowest BCUT2D eigenvalue weighted by Gasteiger charge is -2.34. The van der Waals surface area contributed by atoms with Gasteiger partial charge in [0.1, 0.15) is 0 Å². The second-order valence-electron chi connectivity index (χ2n) is 7.26. The number of rotatable bonds is 4.